The fourth-order valence-electron chi connectivity index (χ4n) is 2.22. The summed E-state index contributed by atoms with van der Waals surface area (Å²) in [7, 11) is 0. The van der Waals surface area contributed by atoms with Gasteiger partial charge in [-0.2, -0.15) is 0 Å². The molecule has 3 nitrogen and oxygen atoms in total. The highest BCUT2D eigenvalue weighted by Gasteiger charge is 2.15. The highest BCUT2D eigenvalue weighted by molar-refractivity contribution is 14.1. The second-order valence-corrected chi connectivity index (χ2v) is 6.85. The molecule has 0 saturated carbocycles. The van der Waals surface area contributed by atoms with Gasteiger partial charge in [0.2, 0.25) is 5.91 Å². The Hall–Kier alpha value is -1.56. The molecule has 0 aliphatic heterocycles. The lowest BCUT2D eigenvalue weighted by Gasteiger charge is -2.18. The molecule has 116 valence electrons. The van der Waals surface area contributed by atoms with Crippen molar-refractivity contribution < 1.29 is 4.79 Å². The number of hydrogen-bond acceptors (Lipinski definition) is 2. The predicted molar refractivity (Wildman–Crippen MR) is 101 cm³/mol. The van der Waals surface area contributed by atoms with Crippen LogP contribution in [-0.2, 0) is 4.79 Å². The first-order chi connectivity index (χ1) is 10.5. The average molecular weight is 408 g/mol. The summed E-state index contributed by atoms with van der Waals surface area (Å²) in [6.45, 7) is 6.11. The number of amides is 1. The zero-order valence-corrected chi connectivity index (χ0v) is 15.2. The van der Waals surface area contributed by atoms with Gasteiger partial charge >= 0.3 is 0 Å². The Morgan fingerprint density at radius 1 is 1.00 bits per heavy atom. The summed E-state index contributed by atoms with van der Waals surface area (Å²) >= 11 is 2.26. The maximum Gasteiger partial charge on any atom is 0.246 e. The molecule has 22 heavy (non-hydrogen) atoms. The maximum absolute atomic E-state index is 12.4. The number of carbonyl (C=O) groups excluding carboxylic acids is 1. The fourth-order valence-corrected chi connectivity index (χ4v) is 2.58. The van der Waals surface area contributed by atoms with E-state index >= 15 is 0 Å². The molecule has 0 unspecified atom stereocenters. The highest BCUT2D eigenvalue weighted by atomic mass is 127. The highest BCUT2D eigenvalue weighted by Crippen LogP contribution is 2.24. The van der Waals surface area contributed by atoms with Gasteiger partial charge in [0.1, 0.15) is 6.04 Å². The smallest absolute Gasteiger partial charge is 0.246 e. The van der Waals surface area contributed by atoms with Crippen LogP contribution in [0.25, 0.3) is 0 Å². The van der Waals surface area contributed by atoms with E-state index in [1.807, 2.05) is 49.4 Å². The third kappa shape index (κ3) is 4.47. The van der Waals surface area contributed by atoms with Gasteiger partial charge in [-0.15, -0.1) is 0 Å². The van der Waals surface area contributed by atoms with Crippen molar-refractivity contribution in [3.05, 3.63) is 57.7 Å². The van der Waals surface area contributed by atoms with Crippen LogP contribution < -0.4 is 10.6 Å². The van der Waals surface area contributed by atoms with E-state index < -0.39 is 0 Å². The second kappa shape index (κ2) is 7.63. The molecule has 1 atom stereocenters. The van der Waals surface area contributed by atoms with Gasteiger partial charge in [0, 0.05) is 14.9 Å². The van der Waals surface area contributed by atoms with Crippen LogP contribution in [0, 0.1) is 3.57 Å². The topological polar surface area (TPSA) is 41.1 Å². The summed E-state index contributed by atoms with van der Waals surface area (Å²) in [5.41, 5.74) is 2.98. The third-order valence-electron chi connectivity index (χ3n) is 3.46. The van der Waals surface area contributed by atoms with E-state index in [-0.39, 0.29) is 11.9 Å². The molecule has 2 aromatic rings. The van der Waals surface area contributed by atoms with Gasteiger partial charge in [0.25, 0.3) is 0 Å². The molecule has 2 N–H and O–H groups in total. The van der Waals surface area contributed by atoms with Crippen molar-refractivity contribution in [2.24, 2.45) is 0 Å². The molecule has 0 aromatic heterocycles. The molecule has 0 bridgehead atoms. The van der Waals surface area contributed by atoms with E-state index in [0.717, 1.165) is 16.9 Å². The SMILES string of the molecule is CC(C)c1ccccc1NC(=O)[C@H](C)Nc1ccc(I)cc1. The van der Waals surface area contributed by atoms with Gasteiger partial charge in [-0.1, -0.05) is 32.0 Å². The standard InChI is InChI=1S/C18H21IN2O/c1-12(2)16-6-4-5-7-17(16)21-18(22)13(3)20-15-10-8-14(19)9-11-15/h4-13,20H,1-3H3,(H,21,22)/t13-/m0/s1. The summed E-state index contributed by atoms with van der Waals surface area (Å²) < 4.78 is 1.17. The summed E-state index contributed by atoms with van der Waals surface area (Å²) in [6.07, 6.45) is 0. The van der Waals surface area contributed by atoms with Crippen LogP contribution in [0.4, 0.5) is 11.4 Å². The first-order valence-corrected chi connectivity index (χ1v) is 8.47. The van der Waals surface area contributed by atoms with E-state index in [1.165, 1.54) is 3.57 Å². The average Bonchev–Trinajstić information content (AvgIpc) is 2.49. The quantitative estimate of drug-likeness (QED) is 0.695. The van der Waals surface area contributed by atoms with Crippen LogP contribution in [0.15, 0.2) is 48.5 Å². The number of rotatable bonds is 5. The lowest BCUT2D eigenvalue weighted by molar-refractivity contribution is -0.116. The van der Waals surface area contributed by atoms with E-state index in [4.69, 9.17) is 0 Å². The van der Waals surface area contributed by atoms with E-state index in [1.54, 1.807) is 0 Å². The van der Waals surface area contributed by atoms with Crippen molar-refractivity contribution in [3.63, 3.8) is 0 Å². The van der Waals surface area contributed by atoms with Crippen molar-refractivity contribution in [2.45, 2.75) is 32.7 Å². The lowest BCUT2D eigenvalue weighted by Crippen LogP contribution is -2.32. The molecule has 0 heterocycles. The molecule has 0 aliphatic carbocycles. The fraction of sp³-hybridized carbons (Fsp3) is 0.278. The minimum Gasteiger partial charge on any atom is -0.374 e. The number of benzene rings is 2. The van der Waals surface area contributed by atoms with Gasteiger partial charge in [0.15, 0.2) is 0 Å². The van der Waals surface area contributed by atoms with Crippen molar-refractivity contribution in [3.8, 4) is 0 Å². The van der Waals surface area contributed by atoms with Crippen LogP contribution >= 0.6 is 22.6 Å². The maximum atomic E-state index is 12.4. The Balaban J connectivity index is 2.04. The Bertz CT molecular complexity index is 638. The van der Waals surface area contributed by atoms with Crippen molar-refractivity contribution in [1.82, 2.24) is 0 Å². The van der Waals surface area contributed by atoms with E-state index in [2.05, 4.69) is 53.1 Å². The molecule has 2 rings (SSSR count). The molecule has 0 saturated heterocycles. The number of hydrogen-bond donors (Lipinski definition) is 2. The van der Waals surface area contributed by atoms with Gasteiger partial charge in [-0.25, -0.2) is 0 Å². The minimum atomic E-state index is -0.305. The number of nitrogens with one attached hydrogen (secondary N) is 2. The molecule has 0 fully saturated rings. The molecular formula is C18H21IN2O. The molecule has 0 aliphatic rings. The first-order valence-electron chi connectivity index (χ1n) is 7.39. The summed E-state index contributed by atoms with van der Waals surface area (Å²) in [5, 5.41) is 6.24. The number of halogens is 1. The molecular weight excluding hydrogens is 387 g/mol. The summed E-state index contributed by atoms with van der Waals surface area (Å²) in [6, 6.07) is 15.6. The molecule has 1 amide bonds. The monoisotopic (exact) mass is 408 g/mol. The summed E-state index contributed by atoms with van der Waals surface area (Å²) in [5.74, 6) is 0.336. The van der Waals surface area contributed by atoms with Crippen LogP contribution in [0.5, 0.6) is 0 Å². The van der Waals surface area contributed by atoms with Crippen LogP contribution in [0.2, 0.25) is 0 Å². The van der Waals surface area contributed by atoms with Crippen LogP contribution in [0.1, 0.15) is 32.3 Å². The Morgan fingerprint density at radius 3 is 2.27 bits per heavy atom. The first kappa shape index (κ1) is 16.8. The van der Waals surface area contributed by atoms with Crippen molar-refractivity contribution >= 4 is 39.9 Å². The number of anilines is 2. The van der Waals surface area contributed by atoms with Crippen LogP contribution in [0.3, 0.4) is 0 Å². The largest absolute Gasteiger partial charge is 0.374 e. The zero-order chi connectivity index (χ0) is 16.1. The molecule has 0 spiro atoms. The number of carbonyl (C=O) groups is 1. The lowest BCUT2D eigenvalue weighted by atomic mass is 10.0. The van der Waals surface area contributed by atoms with E-state index in [9.17, 15) is 4.79 Å². The normalized spacial score (nSPS) is 12.0. The predicted octanol–water partition coefficient (Wildman–Crippen LogP) is 4.85. The number of para-hydroxylation sites is 1. The van der Waals surface area contributed by atoms with E-state index in [0.29, 0.717) is 5.92 Å². The summed E-state index contributed by atoms with van der Waals surface area (Å²) in [4.78, 5) is 12.4. The molecule has 4 heteroatoms. The minimum absolute atomic E-state index is 0.0355. The Kier molecular flexibility index (Phi) is 5.83. The Morgan fingerprint density at radius 2 is 1.64 bits per heavy atom. The molecule has 2 aromatic carbocycles. The van der Waals surface area contributed by atoms with Crippen LogP contribution in [-0.4, -0.2) is 11.9 Å². The van der Waals surface area contributed by atoms with Gasteiger partial charge in [0.05, 0.1) is 0 Å². The second-order valence-electron chi connectivity index (χ2n) is 5.60. The van der Waals surface area contributed by atoms with Crippen molar-refractivity contribution in [2.75, 3.05) is 10.6 Å². The Labute approximate surface area is 145 Å². The third-order valence-corrected chi connectivity index (χ3v) is 4.18. The van der Waals surface area contributed by atoms with Gasteiger partial charge in [-0.3, -0.25) is 4.79 Å². The van der Waals surface area contributed by atoms with Gasteiger partial charge in [-0.05, 0) is 71.3 Å². The van der Waals surface area contributed by atoms with Crippen molar-refractivity contribution in [1.29, 1.82) is 0 Å². The van der Waals surface area contributed by atoms with Gasteiger partial charge < -0.3 is 10.6 Å². The zero-order valence-electron chi connectivity index (χ0n) is 13.1. The molecule has 0 radical (unpaired) electrons.